The summed E-state index contributed by atoms with van der Waals surface area (Å²) < 4.78 is 1.85. The Balaban J connectivity index is 1.67. The van der Waals surface area contributed by atoms with Crippen molar-refractivity contribution < 1.29 is 9.90 Å². The van der Waals surface area contributed by atoms with Gasteiger partial charge in [0.25, 0.3) is 0 Å². The Bertz CT molecular complexity index is 1090. The lowest BCUT2D eigenvalue weighted by atomic mass is 10.1. The summed E-state index contributed by atoms with van der Waals surface area (Å²) in [5, 5.41) is 17.0. The van der Waals surface area contributed by atoms with E-state index in [0.717, 1.165) is 34.1 Å². The van der Waals surface area contributed by atoms with Gasteiger partial charge in [-0.3, -0.25) is 4.79 Å². The Labute approximate surface area is 156 Å². The fourth-order valence-corrected chi connectivity index (χ4v) is 3.09. The number of aromatic amines is 1. The summed E-state index contributed by atoms with van der Waals surface area (Å²) in [6.07, 6.45) is 6.55. The van der Waals surface area contributed by atoms with Crippen LogP contribution in [0.5, 0.6) is 0 Å². The van der Waals surface area contributed by atoms with Crippen LogP contribution in [0.1, 0.15) is 12.5 Å². The number of carbonyl (C=O) groups excluding carboxylic acids is 1. The van der Waals surface area contributed by atoms with Gasteiger partial charge in [-0.1, -0.05) is 25.1 Å². The van der Waals surface area contributed by atoms with Crippen LogP contribution in [0.4, 0.5) is 5.69 Å². The standard InChI is InChI=1S/C21H20N4O2/c1-2-14-3-6-17(7-4-14)25-12-16(10-23-25)15-5-8-19-18(9-15)20(11-22-19)24-21(27)13-26/h3-12,22,26H,2,13H2,1H3,(H,24,27). The lowest BCUT2D eigenvalue weighted by Gasteiger charge is -2.03. The van der Waals surface area contributed by atoms with Gasteiger partial charge in [-0.2, -0.15) is 5.10 Å². The lowest BCUT2D eigenvalue weighted by molar-refractivity contribution is -0.118. The smallest absolute Gasteiger partial charge is 0.250 e. The number of nitrogens with one attached hydrogen (secondary N) is 2. The average Bonchev–Trinajstić information content (AvgIpc) is 3.35. The van der Waals surface area contributed by atoms with Crippen molar-refractivity contribution in [3.8, 4) is 16.8 Å². The summed E-state index contributed by atoms with van der Waals surface area (Å²) in [5.74, 6) is -0.440. The molecule has 4 rings (SSSR count). The molecule has 2 aromatic carbocycles. The molecule has 0 saturated carbocycles. The van der Waals surface area contributed by atoms with Gasteiger partial charge in [-0.05, 0) is 41.8 Å². The van der Waals surface area contributed by atoms with Gasteiger partial charge in [0, 0.05) is 28.9 Å². The van der Waals surface area contributed by atoms with E-state index in [1.54, 1.807) is 6.20 Å². The van der Waals surface area contributed by atoms with Gasteiger partial charge < -0.3 is 15.4 Å². The first-order valence-electron chi connectivity index (χ1n) is 8.84. The number of hydrogen-bond donors (Lipinski definition) is 3. The minimum Gasteiger partial charge on any atom is -0.387 e. The van der Waals surface area contributed by atoms with E-state index in [2.05, 4.69) is 46.6 Å². The Morgan fingerprint density at radius 1 is 1.19 bits per heavy atom. The largest absolute Gasteiger partial charge is 0.387 e. The van der Waals surface area contributed by atoms with E-state index in [1.807, 2.05) is 35.3 Å². The number of rotatable bonds is 5. The number of carbonyl (C=O) groups is 1. The Hall–Kier alpha value is -3.38. The first kappa shape index (κ1) is 17.1. The van der Waals surface area contributed by atoms with Gasteiger partial charge in [0.15, 0.2) is 0 Å². The van der Waals surface area contributed by atoms with Gasteiger partial charge in [0.1, 0.15) is 6.61 Å². The molecule has 0 saturated heterocycles. The number of aromatic nitrogens is 3. The molecule has 4 aromatic rings. The third-order valence-corrected chi connectivity index (χ3v) is 4.62. The van der Waals surface area contributed by atoms with E-state index in [9.17, 15) is 4.79 Å². The summed E-state index contributed by atoms with van der Waals surface area (Å²) in [4.78, 5) is 14.6. The van der Waals surface area contributed by atoms with Crippen LogP contribution in [-0.2, 0) is 11.2 Å². The molecule has 136 valence electrons. The van der Waals surface area contributed by atoms with E-state index in [-0.39, 0.29) is 0 Å². The predicted molar refractivity (Wildman–Crippen MR) is 106 cm³/mol. The van der Waals surface area contributed by atoms with E-state index in [0.29, 0.717) is 5.69 Å². The van der Waals surface area contributed by atoms with Crippen molar-refractivity contribution in [2.45, 2.75) is 13.3 Å². The molecule has 1 amide bonds. The van der Waals surface area contributed by atoms with Crippen LogP contribution in [0, 0.1) is 0 Å². The first-order valence-corrected chi connectivity index (χ1v) is 8.84. The van der Waals surface area contributed by atoms with Crippen LogP contribution >= 0.6 is 0 Å². The Morgan fingerprint density at radius 2 is 2.00 bits per heavy atom. The quantitative estimate of drug-likeness (QED) is 0.509. The van der Waals surface area contributed by atoms with E-state index in [4.69, 9.17) is 5.11 Å². The number of aliphatic hydroxyl groups excluding tert-OH is 1. The molecule has 0 aliphatic heterocycles. The summed E-state index contributed by atoms with van der Waals surface area (Å²) in [6, 6.07) is 14.3. The molecule has 0 atom stereocenters. The molecule has 0 unspecified atom stereocenters. The molecule has 0 fully saturated rings. The zero-order valence-electron chi connectivity index (χ0n) is 14.9. The minimum atomic E-state index is -0.546. The van der Waals surface area contributed by atoms with Crippen LogP contribution in [0.2, 0.25) is 0 Å². The summed E-state index contributed by atoms with van der Waals surface area (Å²) >= 11 is 0. The van der Waals surface area contributed by atoms with E-state index < -0.39 is 12.5 Å². The number of aliphatic hydroxyl groups is 1. The number of nitrogens with zero attached hydrogens (tertiary/aromatic N) is 2. The molecular formula is C21H20N4O2. The van der Waals surface area contributed by atoms with Crippen LogP contribution in [0.15, 0.2) is 61.1 Å². The second-order valence-electron chi connectivity index (χ2n) is 6.36. The maximum absolute atomic E-state index is 11.5. The maximum Gasteiger partial charge on any atom is 0.250 e. The second kappa shape index (κ2) is 7.09. The van der Waals surface area contributed by atoms with Crippen LogP contribution in [0.25, 0.3) is 27.7 Å². The molecule has 6 nitrogen and oxygen atoms in total. The van der Waals surface area contributed by atoms with Crippen molar-refractivity contribution in [3.05, 3.63) is 66.6 Å². The highest BCUT2D eigenvalue weighted by atomic mass is 16.3. The molecule has 27 heavy (non-hydrogen) atoms. The fourth-order valence-electron chi connectivity index (χ4n) is 3.09. The minimum absolute atomic E-state index is 0.440. The SMILES string of the molecule is CCc1ccc(-n2cc(-c3ccc4[nH]cc(NC(=O)CO)c4c3)cn2)cc1. The van der Waals surface area contributed by atoms with Gasteiger partial charge in [-0.15, -0.1) is 0 Å². The number of H-pyrrole nitrogens is 1. The van der Waals surface area contributed by atoms with Crippen LogP contribution in [-0.4, -0.2) is 32.4 Å². The lowest BCUT2D eigenvalue weighted by Crippen LogP contribution is -2.14. The Kier molecular flexibility index (Phi) is 4.48. The molecule has 0 radical (unpaired) electrons. The zero-order chi connectivity index (χ0) is 18.8. The number of amides is 1. The molecule has 6 heteroatoms. The number of fused-ring (bicyclic) bond motifs is 1. The second-order valence-corrected chi connectivity index (χ2v) is 6.36. The van der Waals surface area contributed by atoms with Crippen molar-refractivity contribution in [1.29, 1.82) is 0 Å². The topological polar surface area (TPSA) is 82.9 Å². The average molecular weight is 360 g/mol. The van der Waals surface area contributed by atoms with Crippen LogP contribution in [0.3, 0.4) is 0 Å². The van der Waals surface area contributed by atoms with Crippen molar-refractivity contribution in [2.75, 3.05) is 11.9 Å². The third kappa shape index (κ3) is 3.35. The molecule has 0 aliphatic rings. The molecule has 2 heterocycles. The van der Waals surface area contributed by atoms with Gasteiger partial charge in [0.05, 0.1) is 17.6 Å². The number of hydrogen-bond acceptors (Lipinski definition) is 3. The van der Waals surface area contributed by atoms with Crippen molar-refractivity contribution in [3.63, 3.8) is 0 Å². The third-order valence-electron chi connectivity index (χ3n) is 4.62. The zero-order valence-corrected chi connectivity index (χ0v) is 14.9. The molecule has 0 aliphatic carbocycles. The van der Waals surface area contributed by atoms with E-state index in [1.165, 1.54) is 5.56 Å². The fraction of sp³-hybridized carbons (Fsp3) is 0.143. The molecule has 0 spiro atoms. The summed E-state index contributed by atoms with van der Waals surface area (Å²) in [7, 11) is 0. The Morgan fingerprint density at radius 3 is 2.74 bits per heavy atom. The molecule has 2 aromatic heterocycles. The summed E-state index contributed by atoms with van der Waals surface area (Å²) in [6.45, 7) is 1.59. The van der Waals surface area contributed by atoms with E-state index >= 15 is 0 Å². The highest BCUT2D eigenvalue weighted by Crippen LogP contribution is 2.29. The van der Waals surface area contributed by atoms with Gasteiger partial charge in [-0.25, -0.2) is 4.68 Å². The van der Waals surface area contributed by atoms with Crippen molar-refractivity contribution >= 4 is 22.5 Å². The summed E-state index contributed by atoms with van der Waals surface area (Å²) in [5.41, 5.74) is 5.84. The van der Waals surface area contributed by atoms with Gasteiger partial charge in [0.2, 0.25) is 5.91 Å². The molecule has 0 bridgehead atoms. The number of aryl methyl sites for hydroxylation is 1. The molecule has 3 N–H and O–H groups in total. The van der Waals surface area contributed by atoms with Crippen molar-refractivity contribution in [1.82, 2.24) is 14.8 Å². The monoisotopic (exact) mass is 360 g/mol. The predicted octanol–water partition coefficient (Wildman–Crippen LogP) is 3.51. The highest BCUT2D eigenvalue weighted by molar-refractivity contribution is 6.03. The van der Waals surface area contributed by atoms with Crippen molar-refractivity contribution in [2.24, 2.45) is 0 Å². The van der Waals surface area contributed by atoms with Gasteiger partial charge >= 0.3 is 0 Å². The van der Waals surface area contributed by atoms with Crippen LogP contribution < -0.4 is 5.32 Å². The number of anilines is 1. The number of benzene rings is 2. The normalized spacial score (nSPS) is 11.0. The molecular weight excluding hydrogens is 340 g/mol. The maximum atomic E-state index is 11.5. The highest BCUT2D eigenvalue weighted by Gasteiger charge is 2.10. The first-order chi connectivity index (χ1) is 13.2.